The number of nitrogen functional groups attached to an aromatic ring is 1. The average molecular weight is 217 g/mol. The minimum absolute atomic E-state index is 0. The monoisotopic (exact) mass is 216 g/mol. The van der Waals surface area contributed by atoms with Crippen molar-refractivity contribution in [3.63, 3.8) is 0 Å². The molecule has 0 aliphatic carbocycles. The summed E-state index contributed by atoms with van der Waals surface area (Å²) in [6.45, 7) is 3.90. The molecule has 80 valence electrons. The normalized spacial score (nSPS) is 9.21. The molecule has 0 bridgehead atoms. The first-order chi connectivity index (χ1) is 6.33. The van der Waals surface area contributed by atoms with Gasteiger partial charge in [0, 0.05) is 12.3 Å². The van der Waals surface area contributed by atoms with Gasteiger partial charge >= 0.3 is 0 Å². The third-order valence-electron chi connectivity index (χ3n) is 1.58. The standard InChI is InChI=1S/C10H15NO2.ClH/c1-2-12-7-8-13-10-5-3-9(11)4-6-10;/h3-6H,2,7-8,11H2,1H3;1H/p-1. The zero-order valence-electron chi connectivity index (χ0n) is 8.20. The molecule has 0 heterocycles. The minimum Gasteiger partial charge on any atom is -1.00 e. The first kappa shape index (κ1) is 13.1. The van der Waals surface area contributed by atoms with E-state index in [9.17, 15) is 0 Å². The molecule has 0 aromatic heterocycles. The van der Waals surface area contributed by atoms with E-state index in [1.165, 1.54) is 0 Å². The lowest BCUT2D eigenvalue weighted by Gasteiger charge is -2.05. The number of halogens is 1. The summed E-state index contributed by atoms with van der Waals surface area (Å²) in [5, 5.41) is 0. The Morgan fingerprint density at radius 2 is 1.79 bits per heavy atom. The average Bonchev–Trinajstić information content (AvgIpc) is 2.15. The van der Waals surface area contributed by atoms with Crippen molar-refractivity contribution in [3.8, 4) is 5.75 Å². The van der Waals surface area contributed by atoms with E-state index in [-0.39, 0.29) is 12.4 Å². The fraction of sp³-hybridized carbons (Fsp3) is 0.400. The van der Waals surface area contributed by atoms with Crippen molar-refractivity contribution in [2.45, 2.75) is 6.92 Å². The molecule has 0 atom stereocenters. The lowest BCUT2D eigenvalue weighted by molar-refractivity contribution is -0.00000364. The molecule has 0 spiro atoms. The molecule has 0 aliphatic rings. The van der Waals surface area contributed by atoms with Crippen molar-refractivity contribution in [3.05, 3.63) is 24.3 Å². The van der Waals surface area contributed by atoms with Gasteiger partial charge in [0.1, 0.15) is 12.4 Å². The summed E-state index contributed by atoms with van der Waals surface area (Å²) in [4.78, 5) is 0. The van der Waals surface area contributed by atoms with Crippen LogP contribution in [0.25, 0.3) is 0 Å². The molecule has 0 fully saturated rings. The summed E-state index contributed by atoms with van der Waals surface area (Å²) in [5.41, 5.74) is 6.27. The van der Waals surface area contributed by atoms with E-state index < -0.39 is 0 Å². The molecule has 0 saturated heterocycles. The van der Waals surface area contributed by atoms with Gasteiger partial charge in [0.2, 0.25) is 0 Å². The first-order valence-corrected chi connectivity index (χ1v) is 4.39. The van der Waals surface area contributed by atoms with Crippen LogP contribution in [0.1, 0.15) is 6.92 Å². The third-order valence-corrected chi connectivity index (χ3v) is 1.58. The van der Waals surface area contributed by atoms with E-state index in [4.69, 9.17) is 15.2 Å². The Morgan fingerprint density at radius 3 is 2.36 bits per heavy atom. The topological polar surface area (TPSA) is 44.5 Å². The van der Waals surface area contributed by atoms with Crippen LogP contribution < -0.4 is 22.9 Å². The van der Waals surface area contributed by atoms with Crippen LogP contribution >= 0.6 is 0 Å². The molecule has 0 aliphatic heterocycles. The molecule has 1 aromatic carbocycles. The van der Waals surface area contributed by atoms with Gasteiger partial charge in [-0.15, -0.1) is 0 Å². The van der Waals surface area contributed by atoms with Crippen molar-refractivity contribution < 1.29 is 21.9 Å². The molecule has 2 N–H and O–H groups in total. The zero-order valence-corrected chi connectivity index (χ0v) is 8.96. The summed E-state index contributed by atoms with van der Waals surface area (Å²) >= 11 is 0. The van der Waals surface area contributed by atoms with Crippen LogP contribution in [0.3, 0.4) is 0 Å². The van der Waals surface area contributed by atoms with E-state index in [0.29, 0.717) is 13.2 Å². The Morgan fingerprint density at radius 1 is 1.14 bits per heavy atom. The van der Waals surface area contributed by atoms with Gasteiger partial charge in [0.05, 0.1) is 6.61 Å². The third kappa shape index (κ3) is 4.94. The molecule has 1 rings (SSSR count). The first-order valence-electron chi connectivity index (χ1n) is 4.39. The summed E-state index contributed by atoms with van der Waals surface area (Å²) in [5.74, 6) is 0.828. The van der Waals surface area contributed by atoms with Crippen molar-refractivity contribution in [1.82, 2.24) is 0 Å². The van der Waals surface area contributed by atoms with E-state index in [1.807, 2.05) is 31.2 Å². The number of hydrogen-bond donors (Lipinski definition) is 1. The molecule has 3 nitrogen and oxygen atoms in total. The smallest absolute Gasteiger partial charge is 0.119 e. The van der Waals surface area contributed by atoms with Gasteiger partial charge in [-0.05, 0) is 31.2 Å². The van der Waals surface area contributed by atoms with Crippen molar-refractivity contribution >= 4 is 5.69 Å². The summed E-state index contributed by atoms with van der Waals surface area (Å²) < 4.78 is 10.5. The summed E-state index contributed by atoms with van der Waals surface area (Å²) in [6.07, 6.45) is 0. The molecule has 0 saturated carbocycles. The molecule has 1 aromatic rings. The van der Waals surface area contributed by atoms with Crippen LogP contribution in [-0.4, -0.2) is 19.8 Å². The number of rotatable bonds is 5. The van der Waals surface area contributed by atoms with Gasteiger partial charge < -0.3 is 27.6 Å². The van der Waals surface area contributed by atoms with Crippen LogP contribution in [0.5, 0.6) is 5.75 Å². The minimum atomic E-state index is 0. The molecular formula is C10H15ClNO2-. The maximum Gasteiger partial charge on any atom is 0.119 e. The second kappa shape index (κ2) is 7.47. The Kier molecular flexibility index (Phi) is 6.98. The summed E-state index contributed by atoms with van der Waals surface area (Å²) in [7, 11) is 0. The SMILES string of the molecule is CCOCCOc1ccc(N)cc1.[Cl-]. The molecular weight excluding hydrogens is 202 g/mol. The Balaban J connectivity index is 0.00000169. The molecule has 4 heteroatoms. The van der Waals surface area contributed by atoms with Gasteiger partial charge in [-0.1, -0.05) is 0 Å². The predicted octanol–water partition coefficient (Wildman–Crippen LogP) is -1.31. The second-order valence-electron chi connectivity index (χ2n) is 2.61. The second-order valence-corrected chi connectivity index (χ2v) is 2.61. The number of ether oxygens (including phenoxy) is 2. The number of hydrogen-bond acceptors (Lipinski definition) is 3. The maximum atomic E-state index is 5.52. The highest BCUT2D eigenvalue weighted by molar-refractivity contribution is 5.41. The van der Waals surface area contributed by atoms with Gasteiger partial charge in [0.15, 0.2) is 0 Å². The van der Waals surface area contributed by atoms with Crippen molar-refractivity contribution in [2.75, 3.05) is 25.6 Å². The lowest BCUT2D eigenvalue weighted by atomic mass is 10.3. The highest BCUT2D eigenvalue weighted by Gasteiger charge is 1.92. The summed E-state index contributed by atoms with van der Waals surface area (Å²) in [6, 6.07) is 7.33. The van der Waals surface area contributed by atoms with Gasteiger partial charge in [0.25, 0.3) is 0 Å². The fourth-order valence-electron chi connectivity index (χ4n) is 0.927. The number of nitrogens with two attached hydrogens (primary N) is 1. The molecule has 0 radical (unpaired) electrons. The quantitative estimate of drug-likeness (QED) is 0.491. The molecule has 0 amide bonds. The van der Waals surface area contributed by atoms with Crippen molar-refractivity contribution in [1.29, 1.82) is 0 Å². The van der Waals surface area contributed by atoms with Crippen LogP contribution in [0.15, 0.2) is 24.3 Å². The zero-order chi connectivity index (χ0) is 9.52. The van der Waals surface area contributed by atoms with Gasteiger partial charge in [-0.3, -0.25) is 0 Å². The number of anilines is 1. The molecule has 14 heavy (non-hydrogen) atoms. The molecule has 0 unspecified atom stereocenters. The predicted molar refractivity (Wildman–Crippen MR) is 52.8 cm³/mol. The Labute approximate surface area is 90.6 Å². The van der Waals surface area contributed by atoms with Crippen LogP contribution in [0.2, 0.25) is 0 Å². The van der Waals surface area contributed by atoms with Crippen LogP contribution in [0, 0.1) is 0 Å². The van der Waals surface area contributed by atoms with E-state index >= 15 is 0 Å². The Bertz CT molecular complexity index is 238. The number of benzene rings is 1. The van der Waals surface area contributed by atoms with Crippen LogP contribution in [-0.2, 0) is 4.74 Å². The fourth-order valence-corrected chi connectivity index (χ4v) is 0.927. The highest BCUT2D eigenvalue weighted by atomic mass is 35.5. The van der Waals surface area contributed by atoms with Gasteiger partial charge in [-0.2, -0.15) is 0 Å². The lowest BCUT2D eigenvalue weighted by Crippen LogP contribution is -3.00. The maximum absolute atomic E-state index is 5.52. The van der Waals surface area contributed by atoms with E-state index in [1.54, 1.807) is 0 Å². The van der Waals surface area contributed by atoms with E-state index in [2.05, 4.69) is 0 Å². The Hall–Kier alpha value is -0.930. The largest absolute Gasteiger partial charge is 1.00 e. The van der Waals surface area contributed by atoms with Crippen LogP contribution in [0.4, 0.5) is 5.69 Å². The highest BCUT2D eigenvalue weighted by Crippen LogP contribution is 2.12. The van der Waals surface area contributed by atoms with Crippen molar-refractivity contribution in [2.24, 2.45) is 0 Å². The van der Waals surface area contributed by atoms with E-state index in [0.717, 1.165) is 18.0 Å². The van der Waals surface area contributed by atoms with Gasteiger partial charge in [-0.25, -0.2) is 0 Å².